The molecule has 0 aliphatic heterocycles. The Morgan fingerprint density at radius 3 is 2.85 bits per heavy atom. The molecule has 0 saturated carbocycles. The van der Waals surface area contributed by atoms with Crippen molar-refractivity contribution in [1.82, 2.24) is 9.38 Å². The van der Waals surface area contributed by atoms with Crippen LogP contribution in [-0.4, -0.2) is 9.38 Å². The van der Waals surface area contributed by atoms with E-state index in [4.69, 9.17) is 5.73 Å². The van der Waals surface area contributed by atoms with Crippen molar-refractivity contribution in [3.8, 4) is 0 Å². The van der Waals surface area contributed by atoms with Gasteiger partial charge in [0.1, 0.15) is 16.2 Å². The van der Waals surface area contributed by atoms with Gasteiger partial charge in [0.05, 0.1) is 5.52 Å². The summed E-state index contributed by atoms with van der Waals surface area (Å²) in [5, 5.41) is 0. The van der Waals surface area contributed by atoms with E-state index in [1.54, 1.807) is 12.1 Å². The van der Waals surface area contributed by atoms with E-state index in [2.05, 4.69) is 20.9 Å². The second-order valence-electron chi connectivity index (χ2n) is 4.67. The van der Waals surface area contributed by atoms with Crippen LogP contribution in [0, 0.1) is 5.82 Å². The molecule has 0 spiro atoms. The molecular weight excluding hydrogens is 321 g/mol. The summed E-state index contributed by atoms with van der Waals surface area (Å²) < 4.78 is 15.9. The molecule has 1 aromatic carbocycles. The summed E-state index contributed by atoms with van der Waals surface area (Å²) in [4.78, 5) is 4.50. The van der Waals surface area contributed by atoms with E-state index < -0.39 is 0 Å². The fraction of sp³-hybridized carbons (Fsp3) is 0.133. The first kappa shape index (κ1) is 13.1. The molecule has 0 saturated heterocycles. The van der Waals surface area contributed by atoms with Crippen LogP contribution in [0.1, 0.15) is 11.4 Å². The van der Waals surface area contributed by atoms with Crippen LogP contribution >= 0.6 is 15.9 Å². The van der Waals surface area contributed by atoms with Gasteiger partial charge in [-0.2, -0.15) is 0 Å². The molecule has 2 aromatic heterocycles. The smallest absolute Gasteiger partial charge is 0.132 e. The lowest BCUT2D eigenvalue weighted by atomic mass is 10.1. The number of pyridine rings is 1. The van der Waals surface area contributed by atoms with Crippen molar-refractivity contribution in [2.24, 2.45) is 0 Å². The first-order valence-electron chi connectivity index (χ1n) is 6.30. The molecule has 3 rings (SSSR count). The number of aromatic nitrogens is 2. The van der Waals surface area contributed by atoms with E-state index in [0.717, 1.165) is 34.3 Å². The van der Waals surface area contributed by atoms with Gasteiger partial charge in [0.15, 0.2) is 0 Å². The fourth-order valence-electron chi connectivity index (χ4n) is 2.25. The molecule has 0 amide bonds. The molecule has 3 aromatic rings. The number of hydrogen-bond acceptors (Lipinski definition) is 2. The van der Waals surface area contributed by atoms with E-state index in [0.29, 0.717) is 5.69 Å². The third-order valence-corrected chi connectivity index (χ3v) is 3.80. The second kappa shape index (κ2) is 5.25. The Hall–Kier alpha value is -1.88. The van der Waals surface area contributed by atoms with Crippen LogP contribution in [0.3, 0.4) is 0 Å². The van der Waals surface area contributed by atoms with E-state index >= 15 is 0 Å². The largest absolute Gasteiger partial charge is 0.398 e. The molecule has 2 heterocycles. The average molecular weight is 334 g/mol. The highest BCUT2D eigenvalue weighted by atomic mass is 79.9. The summed E-state index contributed by atoms with van der Waals surface area (Å²) in [5.74, 6) is 0.698. The third kappa shape index (κ3) is 2.54. The monoisotopic (exact) mass is 333 g/mol. The zero-order valence-corrected chi connectivity index (χ0v) is 12.3. The molecule has 0 atom stereocenters. The van der Waals surface area contributed by atoms with Crippen LogP contribution in [0.2, 0.25) is 0 Å². The number of nitrogen functional groups attached to an aromatic ring is 1. The highest BCUT2D eigenvalue weighted by Crippen LogP contribution is 2.21. The number of halogens is 2. The number of nitrogens with zero attached hydrogens (tertiary/aromatic N) is 2. The summed E-state index contributed by atoms with van der Waals surface area (Å²) in [7, 11) is 0. The van der Waals surface area contributed by atoms with Crippen molar-refractivity contribution < 1.29 is 4.39 Å². The van der Waals surface area contributed by atoms with Gasteiger partial charge in [-0.1, -0.05) is 12.1 Å². The van der Waals surface area contributed by atoms with Gasteiger partial charge in [-0.25, -0.2) is 9.37 Å². The van der Waals surface area contributed by atoms with Crippen LogP contribution in [0.4, 0.5) is 10.1 Å². The number of hydrogen-bond donors (Lipinski definition) is 1. The lowest BCUT2D eigenvalue weighted by molar-refractivity contribution is 0.625. The second-order valence-corrected chi connectivity index (χ2v) is 5.42. The molecule has 0 aliphatic rings. The molecule has 3 nitrogen and oxygen atoms in total. The Kier molecular flexibility index (Phi) is 3.44. The van der Waals surface area contributed by atoms with E-state index in [1.807, 2.05) is 28.8 Å². The Balaban J connectivity index is 1.89. The molecule has 2 N–H and O–H groups in total. The molecule has 5 heteroatoms. The predicted octanol–water partition coefficient (Wildman–Crippen LogP) is 3.60. The molecule has 0 fully saturated rings. The van der Waals surface area contributed by atoms with E-state index in [-0.39, 0.29) is 5.82 Å². The van der Waals surface area contributed by atoms with Crippen LogP contribution < -0.4 is 5.73 Å². The van der Waals surface area contributed by atoms with E-state index in [1.165, 1.54) is 6.07 Å². The molecule has 0 bridgehead atoms. The van der Waals surface area contributed by atoms with Crippen LogP contribution in [0.25, 0.3) is 5.52 Å². The molecule has 0 aliphatic carbocycles. The maximum atomic E-state index is 13.2. The fourth-order valence-corrected chi connectivity index (χ4v) is 2.78. The highest BCUT2D eigenvalue weighted by Gasteiger charge is 2.09. The normalized spacial score (nSPS) is 11.1. The van der Waals surface area contributed by atoms with Crippen molar-refractivity contribution in [3.63, 3.8) is 0 Å². The highest BCUT2D eigenvalue weighted by molar-refractivity contribution is 9.10. The Bertz CT molecular complexity index is 767. The van der Waals surface area contributed by atoms with Gasteiger partial charge in [-0.05, 0) is 52.2 Å². The van der Waals surface area contributed by atoms with Crippen LogP contribution in [-0.2, 0) is 12.8 Å². The summed E-state index contributed by atoms with van der Waals surface area (Å²) in [6.07, 6.45) is 3.31. The van der Waals surface area contributed by atoms with Gasteiger partial charge in [0, 0.05) is 18.3 Å². The summed E-state index contributed by atoms with van der Waals surface area (Å²) in [5.41, 5.74) is 8.44. The first-order valence-corrected chi connectivity index (χ1v) is 7.09. The minimum absolute atomic E-state index is 0.207. The molecule has 20 heavy (non-hydrogen) atoms. The minimum Gasteiger partial charge on any atom is -0.398 e. The maximum absolute atomic E-state index is 13.2. The lowest BCUT2D eigenvalue weighted by Crippen LogP contribution is -1.99. The van der Waals surface area contributed by atoms with Gasteiger partial charge in [0.2, 0.25) is 0 Å². The quantitative estimate of drug-likeness (QED) is 0.795. The lowest BCUT2D eigenvalue weighted by Gasteiger charge is -2.03. The molecule has 0 unspecified atom stereocenters. The van der Waals surface area contributed by atoms with Crippen molar-refractivity contribution >= 4 is 27.1 Å². The standard InChI is InChI=1S/C15H13BrFN3/c16-15-13-6-5-12(18)9-20(13)14(19-15)7-4-10-2-1-3-11(17)8-10/h1-3,5-6,8-9H,4,7,18H2. The molecular formula is C15H13BrFN3. The predicted molar refractivity (Wildman–Crippen MR) is 81.1 cm³/mol. The Labute approximate surface area is 124 Å². The van der Waals surface area contributed by atoms with Gasteiger partial charge < -0.3 is 10.1 Å². The van der Waals surface area contributed by atoms with Crippen LogP contribution in [0.15, 0.2) is 47.2 Å². The summed E-state index contributed by atoms with van der Waals surface area (Å²) in [6.45, 7) is 0. The van der Waals surface area contributed by atoms with E-state index in [9.17, 15) is 4.39 Å². The van der Waals surface area contributed by atoms with Crippen molar-refractivity contribution in [3.05, 3.63) is 64.4 Å². The number of fused-ring (bicyclic) bond motifs is 1. The first-order chi connectivity index (χ1) is 9.63. The number of nitrogens with two attached hydrogens (primary N) is 1. The summed E-state index contributed by atoms with van der Waals surface area (Å²) >= 11 is 3.45. The van der Waals surface area contributed by atoms with Gasteiger partial charge in [-0.15, -0.1) is 0 Å². The number of rotatable bonds is 3. The van der Waals surface area contributed by atoms with Crippen molar-refractivity contribution in [2.75, 3.05) is 5.73 Å². The zero-order chi connectivity index (χ0) is 14.1. The molecule has 0 radical (unpaired) electrons. The number of imidazole rings is 1. The molecule has 102 valence electrons. The Morgan fingerprint density at radius 2 is 2.05 bits per heavy atom. The zero-order valence-electron chi connectivity index (χ0n) is 10.7. The SMILES string of the molecule is Nc1ccc2c(Br)nc(CCc3cccc(F)c3)n2c1. The topological polar surface area (TPSA) is 43.3 Å². The third-order valence-electron chi connectivity index (χ3n) is 3.21. The van der Waals surface area contributed by atoms with Crippen molar-refractivity contribution in [1.29, 1.82) is 0 Å². The number of anilines is 1. The van der Waals surface area contributed by atoms with Gasteiger partial charge in [-0.3, -0.25) is 0 Å². The minimum atomic E-state index is -0.207. The van der Waals surface area contributed by atoms with Crippen molar-refractivity contribution in [2.45, 2.75) is 12.8 Å². The number of benzene rings is 1. The maximum Gasteiger partial charge on any atom is 0.132 e. The van der Waals surface area contributed by atoms with Gasteiger partial charge >= 0.3 is 0 Å². The summed E-state index contributed by atoms with van der Waals surface area (Å²) in [6, 6.07) is 10.4. The average Bonchev–Trinajstić information content (AvgIpc) is 2.73. The Morgan fingerprint density at radius 1 is 1.20 bits per heavy atom. The van der Waals surface area contributed by atoms with Crippen LogP contribution in [0.5, 0.6) is 0 Å². The number of aryl methyl sites for hydroxylation is 2. The van der Waals surface area contributed by atoms with Gasteiger partial charge in [0.25, 0.3) is 0 Å².